The molecular weight excluding hydrogens is 260 g/mol. The highest BCUT2D eigenvalue weighted by Gasteiger charge is 2.27. The summed E-state index contributed by atoms with van der Waals surface area (Å²) < 4.78 is 5.45. The summed E-state index contributed by atoms with van der Waals surface area (Å²) in [7, 11) is 0. The third-order valence-corrected chi connectivity index (χ3v) is 3.83. The van der Waals surface area contributed by atoms with Crippen molar-refractivity contribution in [1.29, 1.82) is 0 Å². The van der Waals surface area contributed by atoms with Gasteiger partial charge in [-0.25, -0.2) is 0 Å². The standard InChI is InChI=1S/C19H22O2/c1-4-21-17-11-9-16(10-12-17)13-19(3,14-20)18-8-6-5-7-15(18)2/h5-12,14H,4,13H2,1-3H3. The molecular formula is C19H22O2. The Morgan fingerprint density at radius 2 is 1.76 bits per heavy atom. The van der Waals surface area contributed by atoms with E-state index in [1.165, 1.54) is 0 Å². The van der Waals surface area contributed by atoms with Crippen LogP contribution in [0.5, 0.6) is 5.75 Å². The van der Waals surface area contributed by atoms with Gasteiger partial charge in [-0.1, -0.05) is 36.4 Å². The SMILES string of the molecule is CCOc1ccc(CC(C)(C=O)c2ccccc2C)cc1. The van der Waals surface area contributed by atoms with Crippen LogP contribution in [0, 0.1) is 6.92 Å². The van der Waals surface area contributed by atoms with Gasteiger partial charge in [0.15, 0.2) is 0 Å². The molecule has 0 aromatic heterocycles. The van der Waals surface area contributed by atoms with E-state index in [1.807, 2.05) is 56.3 Å². The number of carbonyl (C=O) groups is 1. The lowest BCUT2D eigenvalue weighted by atomic mass is 9.77. The second-order valence-corrected chi connectivity index (χ2v) is 5.60. The molecule has 0 bridgehead atoms. The summed E-state index contributed by atoms with van der Waals surface area (Å²) in [5, 5.41) is 0. The first-order valence-corrected chi connectivity index (χ1v) is 7.33. The Kier molecular flexibility index (Phi) is 4.79. The van der Waals surface area contributed by atoms with E-state index in [-0.39, 0.29) is 0 Å². The summed E-state index contributed by atoms with van der Waals surface area (Å²) in [4.78, 5) is 11.7. The Morgan fingerprint density at radius 1 is 1.10 bits per heavy atom. The van der Waals surface area contributed by atoms with Gasteiger partial charge in [-0.05, 0) is 56.0 Å². The molecule has 0 radical (unpaired) electrons. The minimum atomic E-state index is -0.502. The van der Waals surface area contributed by atoms with Crippen molar-refractivity contribution in [2.45, 2.75) is 32.6 Å². The Morgan fingerprint density at radius 3 is 2.33 bits per heavy atom. The fraction of sp³-hybridized carbons (Fsp3) is 0.316. The van der Waals surface area contributed by atoms with Crippen molar-refractivity contribution in [2.75, 3.05) is 6.61 Å². The van der Waals surface area contributed by atoms with Crippen LogP contribution in [0.4, 0.5) is 0 Å². The zero-order valence-corrected chi connectivity index (χ0v) is 12.9. The average Bonchev–Trinajstić information content (AvgIpc) is 2.50. The van der Waals surface area contributed by atoms with E-state index < -0.39 is 5.41 Å². The fourth-order valence-corrected chi connectivity index (χ4v) is 2.71. The van der Waals surface area contributed by atoms with Crippen LogP contribution in [0.2, 0.25) is 0 Å². The first kappa shape index (κ1) is 15.3. The lowest BCUT2D eigenvalue weighted by Gasteiger charge is -2.25. The van der Waals surface area contributed by atoms with Gasteiger partial charge in [-0.15, -0.1) is 0 Å². The Hall–Kier alpha value is -2.09. The van der Waals surface area contributed by atoms with E-state index in [0.717, 1.165) is 28.7 Å². The summed E-state index contributed by atoms with van der Waals surface area (Å²) in [6.45, 7) is 6.68. The van der Waals surface area contributed by atoms with E-state index in [1.54, 1.807) is 0 Å². The third kappa shape index (κ3) is 3.52. The predicted octanol–water partition coefficient (Wildman–Crippen LogP) is 4.09. The van der Waals surface area contributed by atoms with Crippen LogP contribution in [-0.4, -0.2) is 12.9 Å². The fourth-order valence-electron chi connectivity index (χ4n) is 2.71. The molecule has 0 aliphatic heterocycles. The minimum Gasteiger partial charge on any atom is -0.494 e. The van der Waals surface area contributed by atoms with Crippen LogP contribution in [0.3, 0.4) is 0 Å². The Balaban J connectivity index is 2.26. The van der Waals surface area contributed by atoms with Gasteiger partial charge >= 0.3 is 0 Å². The number of hydrogen-bond acceptors (Lipinski definition) is 2. The highest BCUT2D eigenvalue weighted by atomic mass is 16.5. The van der Waals surface area contributed by atoms with Gasteiger partial charge in [-0.3, -0.25) is 0 Å². The number of aldehydes is 1. The molecule has 1 atom stereocenters. The number of aryl methyl sites for hydroxylation is 1. The van der Waals surface area contributed by atoms with Crippen molar-refractivity contribution in [2.24, 2.45) is 0 Å². The third-order valence-electron chi connectivity index (χ3n) is 3.83. The maximum atomic E-state index is 11.7. The highest BCUT2D eigenvalue weighted by Crippen LogP contribution is 2.29. The number of ether oxygens (including phenoxy) is 1. The molecule has 0 heterocycles. The summed E-state index contributed by atoms with van der Waals surface area (Å²) in [6, 6.07) is 16.1. The number of benzene rings is 2. The number of carbonyl (C=O) groups excluding carboxylic acids is 1. The molecule has 110 valence electrons. The zero-order chi connectivity index (χ0) is 15.3. The monoisotopic (exact) mass is 282 g/mol. The molecule has 0 saturated carbocycles. The summed E-state index contributed by atoms with van der Waals surface area (Å²) in [6.07, 6.45) is 1.75. The van der Waals surface area contributed by atoms with E-state index in [4.69, 9.17) is 4.74 Å². The van der Waals surface area contributed by atoms with Crippen molar-refractivity contribution in [1.82, 2.24) is 0 Å². The van der Waals surface area contributed by atoms with E-state index >= 15 is 0 Å². The van der Waals surface area contributed by atoms with Crippen molar-refractivity contribution in [3.8, 4) is 5.75 Å². The normalized spacial score (nSPS) is 13.5. The van der Waals surface area contributed by atoms with Crippen molar-refractivity contribution in [3.05, 3.63) is 65.2 Å². The first-order valence-electron chi connectivity index (χ1n) is 7.33. The summed E-state index contributed by atoms with van der Waals surface area (Å²) in [5.74, 6) is 0.866. The smallest absolute Gasteiger partial charge is 0.130 e. The van der Waals surface area contributed by atoms with Gasteiger partial charge in [-0.2, -0.15) is 0 Å². The maximum Gasteiger partial charge on any atom is 0.130 e. The topological polar surface area (TPSA) is 26.3 Å². The van der Waals surface area contributed by atoms with Crippen LogP contribution in [-0.2, 0) is 16.6 Å². The molecule has 2 nitrogen and oxygen atoms in total. The summed E-state index contributed by atoms with van der Waals surface area (Å²) >= 11 is 0. The van der Waals surface area contributed by atoms with Gasteiger partial charge < -0.3 is 9.53 Å². The van der Waals surface area contributed by atoms with Crippen LogP contribution >= 0.6 is 0 Å². The molecule has 0 saturated heterocycles. The first-order chi connectivity index (χ1) is 10.1. The Bertz CT molecular complexity index is 601. The lowest BCUT2D eigenvalue weighted by molar-refractivity contribution is -0.112. The molecule has 21 heavy (non-hydrogen) atoms. The molecule has 2 aromatic carbocycles. The average molecular weight is 282 g/mol. The summed E-state index contributed by atoms with van der Waals surface area (Å²) in [5.41, 5.74) is 2.88. The maximum absolute atomic E-state index is 11.7. The molecule has 0 aliphatic carbocycles. The molecule has 0 aliphatic rings. The quantitative estimate of drug-likeness (QED) is 0.746. The molecule has 1 unspecified atom stereocenters. The zero-order valence-electron chi connectivity index (χ0n) is 12.9. The number of rotatable bonds is 6. The van der Waals surface area contributed by atoms with Crippen molar-refractivity contribution >= 4 is 6.29 Å². The van der Waals surface area contributed by atoms with Gasteiger partial charge in [0.2, 0.25) is 0 Å². The predicted molar refractivity (Wildman–Crippen MR) is 85.9 cm³/mol. The molecule has 0 spiro atoms. The molecule has 0 amide bonds. The van der Waals surface area contributed by atoms with Gasteiger partial charge in [0.25, 0.3) is 0 Å². The van der Waals surface area contributed by atoms with Crippen molar-refractivity contribution in [3.63, 3.8) is 0 Å². The van der Waals surface area contributed by atoms with Crippen LogP contribution in [0.15, 0.2) is 48.5 Å². The van der Waals surface area contributed by atoms with Crippen LogP contribution in [0.1, 0.15) is 30.5 Å². The second-order valence-electron chi connectivity index (χ2n) is 5.60. The molecule has 0 fully saturated rings. The minimum absolute atomic E-state index is 0.502. The number of hydrogen-bond donors (Lipinski definition) is 0. The largest absolute Gasteiger partial charge is 0.494 e. The van der Waals surface area contributed by atoms with Gasteiger partial charge in [0, 0.05) is 0 Å². The van der Waals surface area contributed by atoms with E-state index in [9.17, 15) is 4.79 Å². The highest BCUT2D eigenvalue weighted by molar-refractivity contribution is 5.69. The molecule has 2 heteroatoms. The molecule has 2 rings (SSSR count). The lowest BCUT2D eigenvalue weighted by Crippen LogP contribution is -2.27. The van der Waals surface area contributed by atoms with E-state index in [0.29, 0.717) is 13.0 Å². The molecule has 2 aromatic rings. The molecule has 0 N–H and O–H groups in total. The Labute approximate surface area is 126 Å². The second kappa shape index (κ2) is 6.57. The van der Waals surface area contributed by atoms with Crippen LogP contribution in [0.25, 0.3) is 0 Å². The van der Waals surface area contributed by atoms with E-state index in [2.05, 4.69) is 13.0 Å². The van der Waals surface area contributed by atoms with Crippen LogP contribution < -0.4 is 4.74 Å². The van der Waals surface area contributed by atoms with Gasteiger partial charge in [0.05, 0.1) is 12.0 Å². The van der Waals surface area contributed by atoms with Gasteiger partial charge in [0.1, 0.15) is 12.0 Å². The van der Waals surface area contributed by atoms with Crippen molar-refractivity contribution < 1.29 is 9.53 Å².